The van der Waals surface area contributed by atoms with E-state index >= 15 is 0 Å². The molecule has 0 radical (unpaired) electrons. The van der Waals surface area contributed by atoms with E-state index in [4.69, 9.17) is 11.6 Å². The molecule has 0 aromatic heterocycles. The average molecular weight is 433 g/mol. The highest BCUT2D eigenvalue weighted by Gasteiger charge is 2.40. The summed E-state index contributed by atoms with van der Waals surface area (Å²) in [5, 5.41) is 3.17. The predicted octanol–water partition coefficient (Wildman–Crippen LogP) is 4.68. The maximum atomic E-state index is 13.0. The Bertz CT molecular complexity index is 1070. The van der Waals surface area contributed by atoms with Crippen molar-refractivity contribution in [3.63, 3.8) is 0 Å². The quantitative estimate of drug-likeness (QED) is 0.720. The van der Waals surface area contributed by atoms with Crippen molar-refractivity contribution in [3.8, 4) is 0 Å². The topological polar surface area (TPSA) is 75.3 Å². The number of hydrogen-bond donors (Lipinski definition) is 2. The lowest BCUT2D eigenvalue weighted by molar-refractivity contribution is 0.0922. The Morgan fingerprint density at radius 2 is 1.86 bits per heavy atom. The number of hydrogen-bond acceptors (Lipinski definition) is 3. The van der Waals surface area contributed by atoms with Crippen molar-refractivity contribution in [1.29, 1.82) is 0 Å². The van der Waals surface area contributed by atoms with Crippen molar-refractivity contribution < 1.29 is 13.2 Å². The van der Waals surface area contributed by atoms with Gasteiger partial charge in [-0.2, -0.15) is 0 Å². The lowest BCUT2D eigenvalue weighted by Gasteiger charge is -2.23. The van der Waals surface area contributed by atoms with E-state index in [0.717, 1.165) is 24.0 Å². The van der Waals surface area contributed by atoms with E-state index in [-0.39, 0.29) is 21.9 Å². The number of nitrogens with one attached hydrogen (secondary N) is 2. The van der Waals surface area contributed by atoms with Crippen molar-refractivity contribution in [2.45, 2.75) is 50.5 Å². The monoisotopic (exact) mass is 432 g/mol. The van der Waals surface area contributed by atoms with Gasteiger partial charge in [0.2, 0.25) is 0 Å². The maximum Gasteiger partial charge on any atom is 0.263 e. The Labute approximate surface area is 176 Å². The Balaban J connectivity index is 1.56. The molecule has 2 aromatic carbocycles. The number of rotatable bonds is 5. The summed E-state index contributed by atoms with van der Waals surface area (Å²) >= 11 is 6.19. The second-order valence-electron chi connectivity index (χ2n) is 8.32. The molecule has 29 heavy (non-hydrogen) atoms. The average Bonchev–Trinajstić information content (AvgIpc) is 3.27. The third-order valence-corrected chi connectivity index (χ3v) is 8.01. The first kappa shape index (κ1) is 20.2. The maximum absolute atomic E-state index is 13.0. The fourth-order valence-corrected chi connectivity index (χ4v) is 6.31. The Kier molecular flexibility index (Phi) is 5.34. The molecule has 5 nitrogen and oxygen atoms in total. The third-order valence-electron chi connectivity index (χ3n) is 6.16. The van der Waals surface area contributed by atoms with Gasteiger partial charge in [0, 0.05) is 11.6 Å². The van der Waals surface area contributed by atoms with E-state index in [1.165, 1.54) is 25.0 Å². The zero-order chi connectivity index (χ0) is 20.8. The number of benzene rings is 2. The third kappa shape index (κ3) is 4.14. The molecule has 1 amide bonds. The summed E-state index contributed by atoms with van der Waals surface area (Å²) in [6.07, 6.45) is 4.62. The van der Waals surface area contributed by atoms with Crippen LogP contribution in [0.15, 0.2) is 41.3 Å². The van der Waals surface area contributed by atoms with Crippen molar-refractivity contribution in [1.82, 2.24) is 5.32 Å². The fraction of sp³-hybridized carbons (Fsp3) is 0.409. The van der Waals surface area contributed by atoms with Gasteiger partial charge < -0.3 is 5.32 Å². The second kappa shape index (κ2) is 7.65. The van der Waals surface area contributed by atoms with Gasteiger partial charge in [0.1, 0.15) is 4.90 Å². The van der Waals surface area contributed by atoms with Gasteiger partial charge in [0.15, 0.2) is 0 Å². The van der Waals surface area contributed by atoms with Crippen molar-refractivity contribution >= 4 is 33.2 Å². The van der Waals surface area contributed by atoms with Gasteiger partial charge in [-0.1, -0.05) is 35.7 Å². The molecule has 0 unspecified atom stereocenters. The van der Waals surface area contributed by atoms with E-state index in [0.29, 0.717) is 23.1 Å². The van der Waals surface area contributed by atoms with Gasteiger partial charge in [0.05, 0.1) is 10.7 Å². The first-order chi connectivity index (χ1) is 13.7. The van der Waals surface area contributed by atoms with Crippen LogP contribution in [0, 0.1) is 25.7 Å². The number of halogens is 1. The summed E-state index contributed by atoms with van der Waals surface area (Å²) in [6.45, 7) is 3.78. The second-order valence-corrected chi connectivity index (χ2v) is 10.4. The smallest absolute Gasteiger partial charge is 0.263 e. The summed E-state index contributed by atoms with van der Waals surface area (Å²) in [7, 11) is -3.93. The predicted molar refractivity (Wildman–Crippen MR) is 115 cm³/mol. The first-order valence-electron chi connectivity index (χ1n) is 9.93. The van der Waals surface area contributed by atoms with Gasteiger partial charge in [0.25, 0.3) is 15.9 Å². The minimum Gasteiger partial charge on any atom is -0.349 e. The molecule has 4 rings (SSSR count). The minimum absolute atomic E-state index is 0.0822. The van der Waals surface area contributed by atoms with Gasteiger partial charge in [-0.3, -0.25) is 9.52 Å². The highest BCUT2D eigenvalue weighted by Crippen LogP contribution is 2.44. The fourth-order valence-electron chi connectivity index (χ4n) is 4.65. The molecule has 2 saturated carbocycles. The van der Waals surface area contributed by atoms with Crippen molar-refractivity contribution in [2.24, 2.45) is 11.8 Å². The number of anilines is 1. The van der Waals surface area contributed by atoms with Crippen LogP contribution >= 0.6 is 11.6 Å². The van der Waals surface area contributed by atoms with Crippen LogP contribution in [0.3, 0.4) is 0 Å². The van der Waals surface area contributed by atoms with Crippen LogP contribution in [0.25, 0.3) is 0 Å². The molecule has 2 aliphatic rings. The molecule has 2 fully saturated rings. The molecule has 2 bridgehead atoms. The number of aryl methyl sites for hydroxylation is 2. The lowest BCUT2D eigenvalue weighted by atomic mass is 9.95. The van der Waals surface area contributed by atoms with Gasteiger partial charge in [-0.15, -0.1) is 0 Å². The zero-order valence-electron chi connectivity index (χ0n) is 16.5. The van der Waals surface area contributed by atoms with Crippen LogP contribution in [0.4, 0.5) is 5.69 Å². The number of carbonyl (C=O) groups is 1. The molecular formula is C22H25ClN2O3S. The van der Waals surface area contributed by atoms with Crippen LogP contribution in [-0.2, 0) is 10.0 Å². The standard InChI is InChI=1S/C22H25ClN2O3S/c1-13-3-8-19(14(2)9-13)25-29(27,28)21-12-17(6-7-18(21)23)22(26)24-20-11-15-4-5-16(20)10-15/h3,6-9,12,15-16,20,25H,4-5,10-11H2,1-2H3,(H,24,26)/t15-,16+,20+/m1/s1. The molecule has 3 atom stereocenters. The largest absolute Gasteiger partial charge is 0.349 e. The SMILES string of the molecule is Cc1ccc(NS(=O)(=O)c2cc(C(=O)N[C@H]3C[C@@H]4CC[C@H]3C4)ccc2Cl)c(C)c1. The highest BCUT2D eigenvalue weighted by molar-refractivity contribution is 7.92. The van der Waals surface area contributed by atoms with Crippen LogP contribution in [0.5, 0.6) is 0 Å². The molecule has 0 heterocycles. The van der Waals surface area contributed by atoms with E-state index < -0.39 is 10.0 Å². The summed E-state index contributed by atoms with van der Waals surface area (Å²) in [6, 6.07) is 10.0. The van der Waals surface area contributed by atoms with Crippen LogP contribution < -0.4 is 10.0 Å². The molecule has 0 spiro atoms. The summed E-state index contributed by atoms with van der Waals surface area (Å²) in [5.41, 5.74) is 2.65. The molecule has 7 heteroatoms. The van der Waals surface area contributed by atoms with Crippen LogP contribution in [-0.4, -0.2) is 20.4 Å². The molecule has 2 aliphatic carbocycles. The molecular weight excluding hydrogens is 408 g/mol. The first-order valence-corrected chi connectivity index (χ1v) is 11.8. The van der Waals surface area contributed by atoms with E-state index in [9.17, 15) is 13.2 Å². The van der Waals surface area contributed by atoms with E-state index in [1.807, 2.05) is 26.0 Å². The normalized spacial score (nSPS) is 23.2. The van der Waals surface area contributed by atoms with E-state index in [2.05, 4.69) is 10.0 Å². The number of amides is 1. The van der Waals surface area contributed by atoms with Crippen molar-refractivity contribution in [3.05, 3.63) is 58.1 Å². The van der Waals surface area contributed by atoms with E-state index in [1.54, 1.807) is 12.1 Å². The molecule has 0 aliphatic heterocycles. The van der Waals surface area contributed by atoms with Crippen LogP contribution in [0.1, 0.15) is 47.2 Å². The summed E-state index contributed by atoms with van der Waals surface area (Å²) < 4.78 is 28.5. The molecule has 2 N–H and O–H groups in total. The van der Waals surface area contributed by atoms with Crippen molar-refractivity contribution in [2.75, 3.05) is 4.72 Å². The summed E-state index contributed by atoms with van der Waals surface area (Å²) in [5.74, 6) is 1.02. The zero-order valence-corrected chi connectivity index (χ0v) is 18.1. The molecule has 0 saturated heterocycles. The number of carbonyl (C=O) groups excluding carboxylic acids is 1. The van der Waals surface area contributed by atoms with Gasteiger partial charge in [-0.05, 0) is 74.8 Å². The lowest BCUT2D eigenvalue weighted by Crippen LogP contribution is -2.38. The number of sulfonamides is 1. The highest BCUT2D eigenvalue weighted by atomic mass is 35.5. The van der Waals surface area contributed by atoms with Gasteiger partial charge in [-0.25, -0.2) is 8.42 Å². The minimum atomic E-state index is -3.93. The summed E-state index contributed by atoms with van der Waals surface area (Å²) in [4.78, 5) is 12.7. The Hall–Kier alpha value is -2.05. The van der Waals surface area contributed by atoms with Gasteiger partial charge >= 0.3 is 0 Å². The molecule has 2 aromatic rings. The Morgan fingerprint density at radius 1 is 1.07 bits per heavy atom. The van der Waals surface area contributed by atoms with Crippen LogP contribution in [0.2, 0.25) is 5.02 Å². The molecule has 154 valence electrons. The number of fused-ring (bicyclic) bond motifs is 2. The Morgan fingerprint density at radius 3 is 2.52 bits per heavy atom.